The van der Waals surface area contributed by atoms with Crippen molar-refractivity contribution in [2.45, 2.75) is 6.61 Å². The van der Waals surface area contributed by atoms with Gasteiger partial charge in [0.05, 0.1) is 4.92 Å². The highest BCUT2D eigenvalue weighted by Gasteiger charge is 2.04. The number of nitrogen functional groups attached to an aromatic ring is 1. The normalized spacial score (nSPS) is 9.52. The molecule has 0 unspecified atom stereocenters. The molecule has 0 aliphatic carbocycles. The summed E-state index contributed by atoms with van der Waals surface area (Å²) in [5.41, 5.74) is 6.86. The van der Waals surface area contributed by atoms with Gasteiger partial charge in [-0.15, -0.1) is 12.4 Å². The zero-order valence-corrected chi connectivity index (χ0v) is 11.8. The molecule has 0 saturated carbocycles. The number of nitrogens with zero attached hydrogens (tertiary/aromatic N) is 1. The largest absolute Gasteiger partial charge is 0.489 e. The van der Waals surface area contributed by atoms with Crippen molar-refractivity contribution in [3.8, 4) is 5.75 Å². The van der Waals surface area contributed by atoms with Gasteiger partial charge in [-0.05, 0) is 29.8 Å². The zero-order chi connectivity index (χ0) is 14.5. The van der Waals surface area contributed by atoms with Gasteiger partial charge < -0.3 is 10.5 Å². The molecule has 6 nitrogen and oxygen atoms in total. The highest BCUT2D eigenvalue weighted by Crippen LogP contribution is 2.16. The van der Waals surface area contributed by atoms with Crippen LogP contribution in [0.15, 0.2) is 48.5 Å². The minimum atomic E-state index is -0.443. The van der Waals surface area contributed by atoms with Crippen LogP contribution in [0.5, 0.6) is 5.75 Å². The fourth-order valence-corrected chi connectivity index (χ4v) is 1.63. The molecule has 7 heteroatoms. The second kappa shape index (κ2) is 7.25. The Morgan fingerprint density at radius 1 is 1.24 bits per heavy atom. The standard InChI is InChI=1S/C14H13N3O3.ClH/c15-14(16)11-2-1-3-13(8-11)20-9-10-4-6-12(7-5-10)17(18)19;/h1-8H,9H2,(H3,15,16);1H. The first-order valence-electron chi connectivity index (χ1n) is 5.87. The lowest BCUT2D eigenvalue weighted by atomic mass is 10.2. The molecule has 0 saturated heterocycles. The van der Waals surface area contributed by atoms with Gasteiger partial charge in [-0.2, -0.15) is 0 Å². The van der Waals surface area contributed by atoms with Crippen molar-refractivity contribution < 1.29 is 9.66 Å². The lowest BCUT2D eigenvalue weighted by Crippen LogP contribution is -2.10. The second-order valence-electron chi connectivity index (χ2n) is 4.15. The Bertz CT molecular complexity index is 644. The fourth-order valence-electron chi connectivity index (χ4n) is 1.63. The van der Waals surface area contributed by atoms with Crippen LogP contribution in [-0.4, -0.2) is 10.8 Å². The Kier molecular flexibility index (Phi) is 5.68. The van der Waals surface area contributed by atoms with Crippen molar-refractivity contribution in [1.82, 2.24) is 0 Å². The molecule has 0 atom stereocenters. The molecule has 0 heterocycles. The van der Waals surface area contributed by atoms with E-state index in [-0.39, 0.29) is 23.9 Å². The fraction of sp³-hybridized carbons (Fsp3) is 0.0714. The first kappa shape index (κ1) is 16.5. The van der Waals surface area contributed by atoms with Crippen LogP contribution in [0.3, 0.4) is 0 Å². The van der Waals surface area contributed by atoms with Crippen molar-refractivity contribution in [1.29, 1.82) is 5.41 Å². The summed E-state index contributed by atoms with van der Waals surface area (Å²) in [4.78, 5) is 10.1. The van der Waals surface area contributed by atoms with Crippen molar-refractivity contribution in [3.05, 3.63) is 69.8 Å². The Balaban J connectivity index is 0.00000220. The predicted molar refractivity (Wildman–Crippen MR) is 82.1 cm³/mol. The van der Waals surface area contributed by atoms with Crippen LogP contribution in [0, 0.1) is 15.5 Å². The Morgan fingerprint density at radius 2 is 1.90 bits per heavy atom. The SMILES string of the molecule is Cl.N=C(N)c1cccc(OCc2ccc([N+](=O)[O-])cc2)c1. The molecule has 0 amide bonds. The van der Waals surface area contributed by atoms with E-state index in [1.807, 2.05) is 0 Å². The number of nitro groups is 1. The molecule has 2 aromatic rings. The summed E-state index contributed by atoms with van der Waals surface area (Å²) in [5, 5.41) is 17.9. The van der Waals surface area contributed by atoms with Gasteiger partial charge in [-0.25, -0.2) is 0 Å². The lowest BCUT2D eigenvalue weighted by Gasteiger charge is -2.07. The summed E-state index contributed by atoms with van der Waals surface area (Å²) >= 11 is 0. The van der Waals surface area contributed by atoms with Crippen LogP contribution in [-0.2, 0) is 6.61 Å². The Labute approximate surface area is 127 Å². The molecular formula is C14H14ClN3O3. The van der Waals surface area contributed by atoms with E-state index in [9.17, 15) is 10.1 Å². The van der Waals surface area contributed by atoms with Gasteiger partial charge in [0.1, 0.15) is 18.2 Å². The number of halogens is 1. The molecular weight excluding hydrogens is 294 g/mol. The minimum Gasteiger partial charge on any atom is -0.489 e. The van der Waals surface area contributed by atoms with E-state index in [1.54, 1.807) is 36.4 Å². The Hall–Kier alpha value is -2.60. The topological polar surface area (TPSA) is 102 Å². The summed E-state index contributed by atoms with van der Waals surface area (Å²) in [6, 6.07) is 13.1. The van der Waals surface area contributed by atoms with Crippen LogP contribution in [0.1, 0.15) is 11.1 Å². The first-order valence-corrected chi connectivity index (χ1v) is 5.87. The molecule has 110 valence electrons. The summed E-state index contributed by atoms with van der Waals surface area (Å²) in [5.74, 6) is 0.571. The molecule has 2 rings (SSSR count). The monoisotopic (exact) mass is 307 g/mol. The third-order valence-corrected chi connectivity index (χ3v) is 2.70. The van der Waals surface area contributed by atoms with Crippen molar-refractivity contribution in [2.24, 2.45) is 5.73 Å². The van der Waals surface area contributed by atoms with Crippen molar-refractivity contribution in [3.63, 3.8) is 0 Å². The van der Waals surface area contributed by atoms with Gasteiger partial charge in [0, 0.05) is 17.7 Å². The number of nitro benzene ring substituents is 1. The predicted octanol–water partition coefficient (Wildman–Crippen LogP) is 2.88. The lowest BCUT2D eigenvalue weighted by molar-refractivity contribution is -0.384. The number of rotatable bonds is 5. The van der Waals surface area contributed by atoms with Gasteiger partial charge in [0.15, 0.2) is 0 Å². The molecule has 3 N–H and O–H groups in total. The van der Waals surface area contributed by atoms with E-state index in [0.717, 1.165) is 5.56 Å². The van der Waals surface area contributed by atoms with E-state index in [2.05, 4.69) is 0 Å². The average molecular weight is 308 g/mol. The quantitative estimate of drug-likeness (QED) is 0.383. The molecule has 0 aromatic heterocycles. The van der Waals surface area contributed by atoms with E-state index in [4.69, 9.17) is 15.9 Å². The van der Waals surface area contributed by atoms with E-state index in [1.165, 1.54) is 12.1 Å². The van der Waals surface area contributed by atoms with Crippen LogP contribution in [0.2, 0.25) is 0 Å². The van der Waals surface area contributed by atoms with Crippen LogP contribution >= 0.6 is 12.4 Å². The number of amidine groups is 1. The number of nitrogens with two attached hydrogens (primary N) is 1. The van der Waals surface area contributed by atoms with Crippen molar-refractivity contribution in [2.75, 3.05) is 0 Å². The van der Waals surface area contributed by atoms with E-state index >= 15 is 0 Å². The maximum Gasteiger partial charge on any atom is 0.269 e. The van der Waals surface area contributed by atoms with Crippen LogP contribution in [0.4, 0.5) is 5.69 Å². The summed E-state index contributed by atoms with van der Waals surface area (Å²) in [7, 11) is 0. The maximum absolute atomic E-state index is 10.5. The molecule has 0 bridgehead atoms. The number of hydrogen-bond acceptors (Lipinski definition) is 4. The van der Waals surface area contributed by atoms with Gasteiger partial charge in [0.2, 0.25) is 0 Å². The number of non-ortho nitro benzene ring substituents is 1. The number of ether oxygens (including phenoxy) is 1. The highest BCUT2D eigenvalue weighted by atomic mass is 35.5. The third-order valence-electron chi connectivity index (χ3n) is 2.70. The van der Waals surface area contributed by atoms with Gasteiger partial charge in [0.25, 0.3) is 5.69 Å². The molecule has 0 radical (unpaired) electrons. The van der Waals surface area contributed by atoms with E-state index in [0.29, 0.717) is 17.9 Å². The smallest absolute Gasteiger partial charge is 0.269 e. The molecule has 21 heavy (non-hydrogen) atoms. The van der Waals surface area contributed by atoms with Crippen molar-refractivity contribution >= 4 is 23.9 Å². The summed E-state index contributed by atoms with van der Waals surface area (Å²) < 4.78 is 5.56. The van der Waals surface area contributed by atoms with E-state index < -0.39 is 4.92 Å². The van der Waals surface area contributed by atoms with Gasteiger partial charge in [-0.1, -0.05) is 12.1 Å². The molecule has 0 fully saturated rings. The van der Waals surface area contributed by atoms with Crippen LogP contribution in [0.25, 0.3) is 0 Å². The molecule has 0 aliphatic rings. The second-order valence-corrected chi connectivity index (χ2v) is 4.15. The zero-order valence-electron chi connectivity index (χ0n) is 11.0. The molecule has 0 aliphatic heterocycles. The number of nitrogens with one attached hydrogen (secondary N) is 1. The first-order chi connectivity index (χ1) is 9.56. The average Bonchev–Trinajstić information content (AvgIpc) is 2.46. The van der Waals surface area contributed by atoms with Gasteiger partial charge in [-0.3, -0.25) is 15.5 Å². The Morgan fingerprint density at radius 3 is 2.48 bits per heavy atom. The minimum absolute atomic E-state index is 0. The molecule has 2 aromatic carbocycles. The molecule has 0 spiro atoms. The van der Waals surface area contributed by atoms with Gasteiger partial charge >= 0.3 is 0 Å². The number of hydrogen-bond donors (Lipinski definition) is 2. The number of benzene rings is 2. The van der Waals surface area contributed by atoms with Crippen LogP contribution < -0.4 is 10.5 Å². The summed E-state index contributed by atoms with van der Waals surface area (Å²) in [6.45, 7) is 0.291. The highest BCUT2D eigenvalue weighted by molar-refractivity contribution is 5.95. The maximum atomic E-state index is 10.5. The third kappa shape index (κ3) is 4.47. The summed E-state index contributed by atoms with van der Waals surface area (Å²) in [6.07, 6.45) is 0.